The van der Waals surface area contributed by atoms with Gasteiger partial charge in [-0.05, 0) is 44.0 Å². The maximum Gasteiger partial charge on any atom is 0.0366 e. The van der Waals surface area contributed by atoms with Crippen molar-refractivity contribution >= 4 is 5.69 Å². The molecule has 0 aliphatic rings. The zero-order valence-corrected chi connectivity index (χ0v) is 10.7. The lowest BCUT2D eigenvalue weighted by molar-refractivity contribution is 0.616. The first kappa shape index (κ1) is 13.0. The Bertz CT molecular complexity index is 292. The standard InChI is InChI=1S/C14H24N2/c1-4-5-12(2)16(3)14-8-6-13(7-9-14)10-11-15/h6-9,12H,4-5,10-11,15H2,1-3H3. The summed E-state index contributed by atoms with van der Waals surface area (Å²) in [5, 5.41) is 0. The van der Waals surface area contributed by atoms with Crippen LogP contribution in [0.3, 0.4) is 0 Å². The van der Waals surface area contributed by atoms with Gasteiger partial charge in [0.15, 0.2) is 0 Å². The fraction of sp³-hybridized carbons (Fsp3) is 0.571. The molecule has 1 unspecified atom stereocenters. The topological polar surface area (TPSA) is 29.3 Å². The molecule has 0 bridgehead atoms. The first-order valence-electron chi connectivity index (χ1n) is 6.20. The second-order valence-corrected chi connectivity index (χ2v) is 4.45. The van der Waals surface area contributed by atoms with Gasteiger partial charge < -0.3 is 10.6 Å². The van der Waals surface area contributed by atoms with E-state index in [0.29, 0.717) is 6.04 Å². The Kier molecular flexibility index (Phi) is 5.33. The third-order valence-electron chi connectivity index (χ3n) is 3.14. The van der Waals surface area contributed by atoms with Crippen LogP contribution in [-0.4, -0.2) is 19.6 Å². The summed E-state index contributed by atoms with van der Waals surface area (Å²) in [5.41, 5.74) is 8.15. The van der Waals surface area contributed by atoms with E-state index in [9.17, 15) is 0 Å². The lowest BCUT2D eigenvalue weighted by atomic mass is 10.1. The summed E-state index contributed by atoms with van der Waals surface area (Å²) < 4.78 is 0. The summed E-state index contributed by atoms with van der Waals surface area (Å²) in [5.74, 6) is 0. The number of rotatable bonds is 6. The van der Waals surface area contributed by atoms with Crippen LogP contribution in [0.5, 0.6) is 0 Å². The summed E-state index contributed by atoms with van der Waals surface area (Å²) in [4.78, 5) is 2.34. The summed E-state index contributed by atoms with van der Waals surface area (Å²) in [6.07, 6.45) is 3.44. The van der Waals surface area contributed by atoms with E-state index < -0.39 is 0 Å². The van der Waals surface area contributed by atoms with Crippen molar-refractivity contribution in [2.75, 3.05) is 18.5 Å². The highest BCUT2D eigenvalue weighted by molar-refractivity contribution is 5.47. The van der Waals surface area contributed by atoms with Crippen LogP contribution in [0.1, 0.15) is 32.3 Å². The molecular weight excluding hydrogens is 196 g/mol. The highest BCUT2D eigenvalue weighted by atomic mass is 15.1. The van der Waals surface area contributed by atoms with Gasteiger partial charge in [-0.3, -0.25) is 0 Å². The minimum Gasteiger partial charge on any atom is -0.372 e. The smallest absolute Gasteiger partial charge is 0.0366 e. The largest absolute Gasteiger partial charge is 0.372 e. The van der Waals surface area contributed by atoms with Gasteiger partial charge in [-0.2, -0.15) is 0 Å². The van der Waals surface area contributed by atoms with E-state index in [4.69, 9.17) is 5.73 Å². The molecule has 0 radical (unpaired) electrons. The van der Waals surface area contributed by atoms with Gasteiger partial charge in [0.25, 0.3) is 0 Å². The van der Waals surface area contributed by atoms with Crippen molar-refractivity contribution in [2.45, 2.75) is 39.2 Å². The Hall–Kier alpha value is -1.02. The molecular formula is C14H24N2. The fourth-order valence-electron chi connectivity index (χ4n) is 1.93. The number of hydrogen-bond acceptors (Lipinski definition) is 2. The lowest BCUT2D eigenvalue weighted by Gasteiger charge is -2.27. The van der Waals surface area contributed by atoms with Gasteiger partial charge in [-0.25, -0.2) is 0 Å². The monoisotopic (exact) mass is 220 g/mol. The van der Waals surface area contributed by atoms with Gasteiger partial charge in [-0.15, -0.1) is 0 Å². The van der Waals surface area contributed by atoms with Crippen molar-refractivity contribution in [2.24, 2.45) is 5.73 Å². The number of nitrogens with two attached hydrogens (primary N) is 1. The van der Waals surface area contributed by atoms with Crippen LogP contribution >= 0.6 is 0 Å². The molecule has 1 aromatic rings. The molecule has 1 aromatic carbocycles. The molecule has 0 aliphatic heterocycles. The van der Waals surface area contributed by atoms with Crippen LogP contribution in [0.25, 0.3) is 0 Å². The molecule has 1 atom stereocenters. The van der Waals surface area contributed by atoms with E-state index in [0.717, 1.165) is 13.0 Å². The maximum absolute atomic E-state index is 5.54. The Morgan fingerprint density at radius 3 is 2.38 bits per heavy atom. The molecule has 0 aliphatic carbocycles. The molecule has 2 heteroatoms. The Labute approximate surface area is 99.5 Å². The minimum atomic E-state index is 0.602. The van der Waals surface area contributed by atoms with Crippen LogP contribution in [0.4, 0.5) is 5.69 Å². The van der Waals surface area contributed by atoms with Crippen molar-refractivity contribution in [1.82, 2.24) is 0 Å². The van der Waals surface area contributed by atoms with E-state index in [1.807, 2.05) is 0 Å². The van der Waals surface area contributed by atoms with E-state index in [-0.39, 0.29) is 0 Å². The molecule has 0 spiro atoms. The number of benzene rings is 1. The molecule has 2 N–H and O–H groups in total. The second kappa shape index (κ2) is 6.54. The highest BCUT2D eigenvalue weighted by Crippen LogP contribution is 2.18. The molecule has 0 saturated heterocycles. The molecule has 0 aromatic heterocycles. The van der Waals surface area contributed by atoms with Gasteiger partial charge in [0.1, 0.15) is 0 Å². The summed E-state index contributed by atoms with van der Waals surface area (Å²) in [6.45, 7) is 5.23. The van der Waals surface area contributed by atoms with E-state index >= 15 is 0 Å². The molecule has 0 amide bonds. The first-order valence-corrected chi connectivity index (χ1v) is 6.20. The fourth-order valence-corrected chi connectivity index (χ4v) is 1.93. The first-order chi connectivity index (χ1) is 7.69. The second-order valence-electron chi connectivity index (χ2n) is 4.45. The molecule has 1 rings (SSSR count). The average molecular weight is 220 g/mol. The maximum atomic E-state index is 5.54. The van der Waals surface area contributed by atoms with E-state index in [1.54, 1.807) is 0 Å². The number of nitrogens with zero attached hydrogens (tertiary/aromatic N) is 1. The van der Waals surface area contributed by atoms with Crippen molar-refractivity contribution in [3.05, 3.63) is 29.8 Å². The molecule has 2 nitrogen and oxygen atoms in total. The van der Waals surface area contributed by atoms with Gasteiger partial charge >= 0.3 is 0 Å². The molecule has 16 heavy (non-hydrogen) atoms. The van der Waals surface area contributed by atoms with Crippen molar-refractivity contribution in [1.29, 1.82) is 0 Å². The normalized spacial score (nSPS) is 12.5. The van der Waals surface area contributed by atoms with Gasteiger partial charge in [0.2, 0.25) is 0 Å². The van der Waals surface area contributed by atoms with Gasteiger partial charge in [0, 0.05) is 18.8 Å². The van der Waals surface area contributed by atoms with Crippen molar-refractivity contribution in [3.8, 4) is 0 Å². The molecule has 90 valence electrons. The van der Waals surface area contributed by atoms with Crippen molar-refractivity contribution in [3.63, 3.8) is 0 Å². The van der Waals surface area contributed by atoms with Crippen LogP contribution in [-0.2, 0) is 6.42 Å². The van der Waals surface area contributed by atoms with Gasteiger partial charge in [0.05, 0.1) is 0 Å². The van der Waals surface area contributed by atoms with Crippen LogP contribution in [0.15, 0.2) is 24.3 Å². The lowest BCUT2D eigenvalue weighted by Crippen LogP contribution is -2.28. The summed E-state index contributed by atoms with van der Waals surface area (Å²) in [7, 11) is 2.16. The van der Waals surface area contributed by atoms with E-state index in [1.165, 1.54) is 24.1 Å². The zero-order chi connectivity index (χ0) is 12.0. The number of anilines is 1. The third-order valence-corrected chi connectivity index (χ3v) is 3.14. The quantitative estimate of drug-likeness (QED) is 0.798. The molecule has 0 fully saturated rings. The predicted octanol–water partition coefficient (Wildman–Crippen LogP) is 2.81. The predicted molar refractivity (Wildman–Crippen MR) is 72.0 cm³/mol. The zero-order valence-electron chi connectivity index (χ0n) is 10.7. The van der Waals surface area contributed by atoms with Gasteiger partial charge in [-0.1, -0.05) is 25.5 Å². The molecule has 0 saturated carbocycles. The third kappa shape index (κ3) is 3.53. The Morgan fingerprint density at radius 2 is 1.88 bits per heavy atom. The molecule has 0 heterocycles. The number of hydrogen-bond donors (Lipinski definition) is 1. The van der Waals surface area contributed by atoms with Crippen molar-refractivity contribution < 1.29 is 0 Å². The van der Waals surface area contributed by atoms with Crippen LogP contribution in [0, 0.1) is 0 Å². The van der Waals surface area contributed by atoms with Crippen LogP contribution < -0.4 is 10.6 Å². The highest BCUT2D eigenvalue weighted by Gasteiger charge is 2.08. The minimum absolute atomic E-state index is 0.602. The van der Waals surface area contributed by atoms with Crippen LogP contribution in [0.2, 0.25) is 0 Å². The average Bonchev–Trinajstić information content (AvgIpc) is 2.30. The van der Waals surface area contributed by atoms with E-state index in [2.05, 4.69) is 50.1 Å². The summed E-state index contributed by atoms with van der Waals surface area (Å²) in [6, 6.07) is 9.34. The Morgan fingerprint density at radius 1 is 1.25 bits per heavy atom. The SMILES string of the molecule is CCCC(C)N(C)c1ccc(CCN)cc1. The summed E-state index contributed by atoms with van der Waals surface area (Å²) >= 11 is 0. The Balaban J connectivity index is 2.65.